The van der Waals surface area contributed by atoms with Crippen molar-refractivity contribution < 1.29 is 32.3 Å². The monoisotopic (exact) mass is 502 g/mol. The van der Waals surface area contributed by atoms with Gasteiger partial charge in [0, 0.05) is 13.0 Å². The highest BCUT2D eigenvalue weighted by Crippen LogP contribution is 2.34. The van der Waals surface area contributed by atoms with Gasteiger partial charge >= 0.3 is 5.97 Å². The van der Waals surface area contributed by atoms with Crippen molar-refractivity contribution in [2.45, 2.75) is 39.0 Å². The van der Waals surface area contributed by atoms with E-state index >= 15 is 0 Å². The molecule has 0 spiro atoms. The number of imide groups is 1. The third kappa shape index (κ3) is 7.29. The number of nitrogens with one attached hydrogen (secondary N) is 1. The molecule has 3 rings (SSSR count). The van der Waals surface area contributed by atoms with Gasteiger partial charge in [-0.05, 0) is 50.3 Å². The average molecular weight is 503 g/mol. The van der Waals surface area contributed by atoms with Gasteiger partial charge in [-0.15, -0.1) is 0 Å². The summed E-state index contributed by atoms with van der Waals surface area (Å²) in [6.45, 7) is 2.33. The first-order valence-corrected chi connectivity index (χ1v) is 13.4. The fourth-order valence-electron chi connectivity index (χ4n) is 3.79. The first-order chi connectivity index (χ1) is 16.7. The van der Waals surface area contributed by atoms with E-state index in [2.05, 4.69) is 16.9 Å². The maximum absolute atomic E-state index is 12.9. The first kappa shape index (κ1) is 26.2. The van der Waals surface area contributed by atoms with Crippen LogP contribution in [0.3, 0.4) is 0 Å². The Morgan fingerprint density at radius 3 is 2.34 bits per heavy atom. The Balaban J connectivity index is 1.69. The van der Waals surface area contributed by atoms with Crippen LogP contribution in [0.15, 0.2) is 42.5 Å². The summed E-state index contributed by atoms with van der Waals surface area (Å²) in [6.07, 6.45) is 3.82. The van der Waals surface area contributed by atoms with Crippen LogP contribution in [-0.4, -0.2) is 57.1 Å². The Hall–Kier alpha value is -3.40. The van der Waals surface area contributed by atoms with Gasteiger partial charge in [0.2, 0.25) is 10.0 Å². The van der Waals surface area contributed by atoms with Crippen LogP contribution in [-0.2, 0) is 26.0 Å². The number of aryl methyl sites for hydroxylation is 1. The number of esters is 1. The van der Waals surface area contributed by atoms with Crippen molar-refractivity contribution in [1.29, 1.82) is 0 Å². The molecular weight excluding hydrogens is 472 g/mol. The van der Waals surface area contributed by atoms with Gasteiger partial charge in [0.05, 0.1) is 36.3 Å². The minimum absolute atomic E-state index is 0.0513. The third-order valence-corrected chi connectivity index (χ3v) is 5.99. The van der Waals surface area contributed by atoms with Crippen LogP contribution in [0, 0.1) is 0 Å². The fraction of sp³-hybridized carbons (Fsp3) is 0.400. The van der Waals surface area contributed by atoms with E-state index in [1.807, 2.05) is 18.2 Å². The van der Waals surface area contributed by atoms with Crippen molar-refractivity contribution in [3.05, 3.63) is 59.2 Å². The van der Waals surface area contributed by atoms with E-state index in [0.717, 1.165) is 30.4 Å². The standard InChI is InChI=1S/C25H30N2O7S/c1-3-33-23(28)13-9-14-27-24(29)19-16-21(26-35(2,31)32)22(17-20(19)25(27)30)34-15-8-7-12-18-10-5-4-6-11-18/h4-6,10-11,16-17,26H,3,7-9,12-15H2,1-2H3. The number of benzene rings is 2. The topological polar surface area (TPSA) is 119 Å². The lowest BCUT2D eigenvalue weighted by Crippen LogP contribution is -2.31. The number of hydrogen-bond acceptors (Lipinski definition) is 7. The summed E-state index contributed by atoms with van der Waals surface area (Å²) in [7, 11) is -3.65. The van der Waals surface area contributed by atoms with E-state index < -0.39 is 27.8 Å². The minimum Gasteiger partial charge on any atom is -0.491 e. The number of nitrogens with zero attached hydrogens (tertiary/aromatic N) is 1. The minimum atomic E-state index is -3.65. The van der Waals surface area contributed by atoms with Crippen LogP contribution in [0.1, 0.15) is 58.9 Å². The van der Waals surface area contributed by atoms with Crippen molar-refractivity contribution in [3.63, 3.8) is 0 Å². The summed E-state index contributed by atoms with van der Waals surface area (Å²) >= 11 is 0. The zero-order valence-electron chi connectivity index (χ0n) is 19.9. The largest absolute Gasteiger partial charge is 0.491 e. The second-order valence-electron chi connectivity index (χ2n) is 8.23. The van der Waals surface area contributed by atoms with Gasteiger partial charge < -0.3 is 9.47 Å². The number of rotatable bonds is 13. The summed E-state index contributed by atoms with van der Waals surface area (Å²) < 4.78 is 36.8. The summed E-state index contributed by atoms with van der Waals surface area (Å²) in [5.74, 6) is -1.26. The van der Waals surface area contributed by atoms with Crippen LogP contribution >= 0.6 is 0 Å². The van der Waals surface area contributed by atoms with Crippen LogP contribution in [0.4, 0.5) is 5.69 Å². The molecule has 2 aromatic carbocycles. The van der Waals surface area contributed by atoms with Crippen LogP contribution in [0.2, 0.25) is 0 Å². The number of unbranched alkanes of at least 4 members (excludes halogenated alkanes) is 1. The predicted molar refractivity (Wildman–Crippen MR) is 131 cm³/mol. The number of ether oxygens (including phenoxy) is 2. The molecule has 0 aliphatic carbocycles. The lowest BCUT2D eigenvalue weighted by atomic mass is 10.1. The lowest BCUT2D eigenvalue weighted by molar-refractivity contribution is -0.143. The van der Waals surface area contributed by atoms with Gasteiger partial charge in [-0.2, -0.15) is 0 Å². The zero-order valence-corrected chi connectivity index (χ0v) is 20.7. The molecule has 9 nitrogen and oxygen atoms in total. The van der Waals surface area contributed by atoms with E-state index in [4.69, 9.17) is 9.47 Å². The molecule has 1 N–H and O–H groups in total. The third-order valence-electron chi connectivity index (χ3n) is 5.39. The Bertz CT molecular complexity index is 1180. The number of fused-ring (bicyclic) bond motifs is 1. The molecule has 0 atom stereocenters. The van der Waals surface area contributed by atoms with Gasteiger partial charge in [0.25, 0.3) is 11.8 Å². The molecule has 2 aromatic rings. The molecule has 0 aromatic heterocycles. The van der Waals surface area contributed by atoms with Crippen LogP contribution in [0.25, 0.3) is 0 Å². The van der Waals surface area contributed by atoms with Crippen LogP contribution < -0.4 is 9.46 Å². The fourth-order valence-corrected chi connectivity index (χ4v) is 4.35. The van der Waals surface area contributed by atoms with Gasteiger partial charge in [-0.1, -0.05) is 30.3 Å². The highest BCUT2D eigenvalue weighted by molar-refractivity contribution is 7.92. The molecule has 0 saturated carbocycles. The molecule has 0 bridgehead atoms. The molecule has 0 unspecified atom stereocenters. The molecule has 1 heterocycles. The normalized spacial score (nSPS) is 13.0. The van der Waals surface area contributed by atoms with E-state index in [-0.39, 0.29) is 48.6 Å². The summed E-state index contributed by atoms with van der Waals surface area (Å²) in [5, 5.41) is 0. The van der Waals surface area contributed by atoms with E-state index in [0.29, 0.717) is 6.61 Å². The molecule has 0 fully saturated rings. The lowest BCUT2D eigenvalue weighted by Gasteiger charge is -2.13. The van der Waals surface area contributed by atoms with Crippen molar-refractivity contribution >= 4 is 33.5 Å². The highest BCUT2D eigenvalue weighted by Gasteiger charge is 2.36. The first-order valence-electron chi connectivity index (χ1n) is 11.5. The predicted octanol–water partition coefficient (Wildman–Crippen LogP) is 3.40. The summed E-state index contributed by atoms with van der Waals surface area (Å²) in [6, 6.07) is 12.8. The quantitative estimate of drug-likeness (QED) is 0.253. The number of hydrogen-bond donors (Lipinski definition) is 1. The van der Waals surface area contributed by atoms with Crippen LogP contribution in [0.5, 0.6) is 5.75 Å². The summed E-state index contributed by atoms with van der Waals surface area (Å²) in [4.78, 5) is 38.3. The highest BCUT2D eigenvalue weighted by atomic mass is 32.2. The molecule has 188 valence electrons. The molecule has 10 heteroatoms. The molecule has 0 radical (unpaired) electrons. The van der Waals surface area contributed by atoms with Gasteiger partial charge in [-0.25, -0.2) is 8.42 Å². The molecule has 0 saturated heterocycles. The van der Waals surface area contributed by atoms with Crippen molar-refractivity contribution in [2.75, 3.05) is 30.7 Å². The molecule has 1 aliphatic heterocycles. The molecule has 35 heavy (non-hydrogen) atoms. The Morgan fingerprint density at radius 1 is 1.00 bits per heavy atom. The maximum Gasteiger partial charge on any atom is 0.305 e. The van der Waals surface area contributed by atoms with Crippen molar-refractivity contribution in [3.8, 4) is 5.75 Å². The average Bonchev–Trinajstić information content (AvgIpc) is 3.03. The van der Waals surface area contributed by atoms with Gasteiger partial charge in [-0.3, -0.25) is 24.0 Å². The Kier molecular flexibility index (Phi) is 8.86. The van der Waals surface area contributed by atoms with E-state index in [1.165, 1.54) is 17.7 Å². The Labute approximate surface area is 205 Å². The van der Waals surface area contributed by atoms with E-state index in [1.54, 1.807) is 6.92 Å². The van der Waals surface area contributed by atoms with Crippen molar-refractivity contribution in [2.24, 2.45) is 0 Å². The zero-order chi connectivity index (χ0) is 25.4. The Morgan fingerprint density at radius 2 is 1.69 bits per heavy atom. The van der Waals surface area contributed by atoms with Gasteiger partial charge in [0.1, 0.15) is 5.75 Å². The summed E-state index contributed by atoms with van der Waals surface area (Å²) in [5.41, 5.74) is 1.55. The van der Waals surface area contributed by atoms with Crippen molar-refractivity contribution in [1.82, 2.24) is 4.90 Å². The van der Waals surface area contributed by atoms with Gasteiger partial charge in [0.15, 0.2) is 0 Å². The smallest absolute Gasteiger partial charge is 0.305 e. The molecular formula is C25H30N2O7S. The SMILES string of the molecule is CCOC(=O)CCCN1C(=O)c2cc(NS(C)(=O)=O)c(OCCCCc3ccccc3)cc2C1=O. The number of carbonyl (C=O) groups excluding carboxylic acids is 3. The number of anilines is 1. The van der Waals surface area contributed by atoms with E-state index in [9.17, 15) is 22.8 Å². The second-order valence-corrected chi connectivity index (χ2v) is 9.98. The number of carbonyl (C=O) groups is 3. The number of amides is 2. The maximum atomic E-state index is 12.9. The number of sulfonamides is 1. The molecule has 2 amide bonds. The molecule has 1 aliphatic rings. The second kappa shape index (κ2) is 11.8.